The summed E-state index contributed by atoms with van der Waals surface area (Å²) in [5.41, 5.74) is 0. The van der Waals surface area contributed by atoms with Gasteiger partial charge in [-0.1, -0.05) is 51.9 Å². The molecule has 0 radical (unpaired) electrons. The van der Waals surface area contributed by atoms with Crippen molar-refractivity contribution in [2.24, 2.45) is 0 Å². The van der Waals surface area contributed by atoms with Crippen molar-refractivity contribution < 1.29 is 13.9 Å². The average Bonchev–Trinajstić information content (AvgIpc) is 2.97. The monoisotopic (exact) mass is 295 g/mol. The third-order valence-corrected chi connectivity index (χ3v) is 3.55. The van der Waals surface area contributed by atoms with E-state index in [1.807, 2.05) is 6.07 Å². The van der Waals surface area contributed by atoms with Crippen molar-refractivity contribution in [3.05, 3.63) is 23.7 Å². The van der Waals surface area contributed by atoms with E-state index in [-0.39, 0.29) is 5.76 Å². The average molecular weight is 295 g/mol. The molecule has 0 unspecified atom stereocenters. The van der Waals surface area contributed by atoms with Crippen LogP contribution < -0.4 is 5.32 Å². The van der Waals surface area contributed by atoms with Crippen LogP contribution in [0.4, 0.5) is 0 Å². The van der Waals surface area contributed by atoms with E-state index in [1.54, 1.807) is 6.07 Å². The van der Waals surface area contributed by atoms with Gasteiger partial charge in [0.15, 0.2) is 0 Å². The Morgan fingerprint density at radius 3 is 2.43 bits per heavy atom. The summed E-state index contributed by atoms with van der Waals surface area (Å²) in [6, 6.07) is 3.46. The van der Waals surface area contributed by atoms with Crippen molar-refractivity contribution in [2.75, 3.05) is 13.7 Å². The van der Waals surface area contributed by atoms with Gasteiger partial charge >= 0.3 is 5.97 Å². The van der Waals surface area contributed by atoms with Gasteiger partial charge in [0.1, 0.15) is 5.76 Å². The molecule has 0 aliphatic rings. The van der Waals surface area contributed by atoms with E-state index >= 15 is 0 Å². The fourth-order valence-electron chi connectivity index (χ4n) is 2.28. The predicted octanol–water partition coefficient (Wildman–Crippen LogP) is 4.30. The summed E-state index contributed by atoms with van der Waals surface area (Å²) in [6.07, 6.45) is 10.6. The molecule has 1 aromatic heterocycles. The number of furan rings is 1. The number of nitrogens with one attached hydrogen (secondary N) is 1. The number of hydrogen-bond donors (Lipinski definition) is 1. The smallest absolute Gasteiger partial charge is 0.373 e. The first-order valence-corrected chi connectivity index (χ1v) is 8.15. The van der Waals surface area contributed by atoms with Crippen LogP contribution in [0, 0.1) is 0 Å². The number of carbonyl (C=O) groups is 1. The molecule has 120 valence electrons. The molecule has 0 amide bonds. The highest BCUT2D eigenvalue weighted by molar-refractivity contribution is 5.86. The maximum Gasteiger partial charge on any atom is 0.373 e. The lowest BCUT2D eigenvalue weighted by Gasteiger charge is -2.03. The van der Waals surface area contributed by atoms with Crippen LogP contribution in [0.3, 0.4) is 0 Å². The van der Waals surface area contributed by atoms with Crippen molar-refractivity contribution in [2.45, 2.75) is 64.8 Å². The first-order valence-electron chi connectivity index (χ1n) is 8.15. The number of unbranched alkanes of at least 4 members (excludes halogenated alkanes) is 7. The van der Waals surface area contributed by atoms with Gasteiger partial charge in [-0.15, -0.1) is 0 Å². The molecule has 1 aromatic rings. The number of ether oxygens (including phenoxy) is 1. The molecule has 21 heavy (non-hydrogen) atoms. The van der Waals surface area contributed by atoms with Crippen molar-refractivity contribution >= 4 is 5.97 Å². The molecule has 0 bridgehead atoms. The second kappa shape index (κ2) is 11.4. The minimum absolute atomic E-state index is 0.265. The molecule has 0 atom stereocenters. The quantitative estimate of drug-likeness (QED) is 0.461. The van der Waals surface area contributed by atoms with Gasteiger partial charge < -0.3 is 14.5 Å². The second-order valence-electron chi connectivity index (χ2n) is 5.41. The van der Waals surface area contributed by atoms with Crippen LogP contribution in [0.2, 0.25) is 0 Å². The van der Waals surface area contributed by atoms with Crippen molar-refractivity contribution in [1.29, 1.82) is 0 Å². The summed E-state index contributed by atoms with van der Waals surface area (Å²) in [4.78, 5) is 11.2. The Morgan fingerprint density at radius 1 is 1.10 bits per heavy atom. The fourth-order valence-corrected chi connectivity index (χ4v) is 2.28. The predicted molar refractivity (Wildman–Crippen MR) is 84.4 cm³/mol. The molecular formula is C17H29NO3. The molecule has 0 saturated heterocycles. The van der Waals surface area contributed by atoms with E-state index in [2.05, 4.69) is 17.0 Å². The first kappa shape index (κ1) is 17.8. The summed E-state index contributed by atoms with van der Waals surface area (Å²) >= 11 is 0. The molecule has 0 aliphatic carbocycles. The highest BCUT2D eigenvalue weighted by atomic mass is 16.5. The number of rotatable bonds is 12. The van der Waals surface area contributed by atoms with Crippen molar-refractivity contribution in [1.82, 2.24) is 5.32 Å². The summed E-state index contributed by atoms with van der Waals surface area (Å²) < 4.78 is 9.98. The third kappa shape index (κ3) is 7.90. The minimum Gasteiger partial charge on any atom is -0.463 e. The maximum atomic E-state index is 11.2. The molecular weight excluding hydrogens is 266 g/mol. The Balaban J connectivity index is 1.97. The third-order valence-electron chi connectivity index (χ3n) is 3.55. The number of methoxy groups -OCH3 is 1. The fraction of sp³-hybridized carbons (Fsp3) is 0.706. The van der Waals surface area contributed by atoms with Crippen LogP contribution in [0.15, 0.2) is 16.5 Å². The molecule has 0 saturated carbocycles. The van der Waals surface area contributed by atoms with Crippen LogP contribution in [-0.4, -0.2) is 19.6 Å². The zero-order valence-electron chi connectivity index (χ0n) is 13.5. The Bertz CT molecular complexity index is 387. The number of carbonyl (C=O) groups excluding carboxylic acids is 1. The Hall–Kier alpha value is -1.29. The lowest BCUT2D eigenvalue weighted by molar-refractivity contribution is 0.0563. The van der Waals surface area contributed by atoms with E-state index < -0.39 is 5.97 Å². The van der Waals surface area contributed by atoms with E-state index in [1.165, 1.54) is 58.5 Å². The molecule has 1 N–H and O–H groups in total. The van der Waals surface area contributed by atoms with Gasteiger partial charge in [-0.25, -0.2) is 4.79 Å². The summed E-state index contributed by atoms with van der Waals surface area (Å²) in [7, 11) is 1.35. The first-order chi connectivity index (χ1) is 10.3. The highest BCUT2D eigenvalue weighted by Gasteiger charge is 2.10. The van der Waals surface area contributed by atoms with Crippen LogP contribution in [-0.2, 0) is 11.3 Å². The molecule has 1 rings (SSSR count). The normalized spacial score (nSPS) is 10.8. The van der Waals surface area contributed by atoms with E-state index in [9.17, 15) is 4.79 Å². The molecule has 4 heteroatoms. The zero-order chi connectivity index (χ0) is 15.3. The van der Waals surface area contributed by atoms with E-state index in [4.69, 9.17) is 4.42 Å². The molecule has 0 spiro atoms. The van der Waals surface area contributed by atoms with Crippen LogP contribution in [0.5, 0.6) is 0 Å². The molecule has 1 heterocycles. The standard InChI is InChI=1S/C17H29NO3/c1-3-4-5-6-7-8-9-10-13-18-14-15-11-12-16(21-15)17(19)20-2/h11-12,18H,3-10,13-14H2,1-2H3. The Kier molecular flexibility index (Phi) is 9.62. The minimum atomic E-state index is -0.427. The van der Waals surface area contributed by atoms with Gasteiger partial charge in [-0.05, 0) is 25.1 Å². The lowest BCUT2D eigenvalue weighted by Crippen LogP contribution is -2.14. The molecule has 0 aliphatic heterocycles. The van der Waals surface area contributed by atoms with E-state index in [0.29, 0.717) is 6.54 Å². The topological polar surface area (TPSA) is 51.5 Å². The second-order valence-corrected chi connectivity index (χ2v) is 5.41. The largest absolute Gasteiger partial charge is 0.463 e. The van der Waals surface area contributed by atoms with Crippen molar-refractivity contribution in [3.63, 3.8) is 0 Å². The van der Waals surface area contributed by atoms with E-state index in [0.717, 1.165) is 12.3 Å². The van der Waals surface area contributed by atoms with Crippen molar-refractivity contribution in [3.8, 4) is 0 Å². The van der Waals surface area contributed by atoms with Crippen LogP contribution in [0.1, 0.15) is 74.6 Å². The van der Waals surface area contributed by atoms with Gasteiger partial charge in [-0.2, -0.15) is 0 Å². The SMILES string of the molecule is CCCCCCCCCCNCc1ccc(C(=O)OC)o1. The Morgan fingerprint density at radius 2 is 1.76 bits per heavy atom. The van der Waals surface area contributed by atoms with Crippen LogP contribution >= 0.6 is 0 Å². The summed E-state index contributed by atoms with van der Waals surface area (Å²) in [5.74, 6) is 0.612. The van der Waals surface area contributed by atoms with Gasteiger partial charge in [-0.3, -0.25) is 0 Å². The van der Waals surface area contributed by atoms with Gasteiger partial charge in [0.2, 0.25) is 5.76 Å². The highest BCUT2D eigenvalue weighted by Crippen LogP contribution is 2.10. The number of hydrogen-bond acceptors (Lipinski definition) is 4. The maximum absolute atomic E-state index is 11.2. The summed E-state index contributed by atoms with van der Waals surface area (Å²) in [5, 5.41) is 3.34. The number of esters is 1. The van der Waals surface area contributed by atoms with Crippen LogP contribution in [0.25, 0.3) is 0 Å². The van der Waals surface area contributed by atoms with Gasteiger partial charge in [0, 0.05) is 0 Å². The molecule has 4 nitrogen and oxygen atoms in total. The lowest BCUT2D eigenvalue weighted by atomic mass is 10.1. The summed E-state index contributed by atoms with van der Waals surface area (Å²) in [6.45, 7) is 3.90. The zero-order valence-corrected chi connectivity index (χ0v) is 13.5. The molecule has 0 aromatic carbocycles. The van der Waals surface area contributed by atoms with Gasteiger partial charge in [0.05, 0.1) is 13.7 Å². The Labute approximate surface area is 128 Å². The molecule has 0 fully saturated rings. The van der Waals surface area contributed by atoms with Gasteiger partial charge in [0.25, 0.3) is 0 Å².